The number of nitriles is 1. The number of aryl methyl sites for hydroxylation is 1. The average molecular weight is 355 g/mol. The van der Waals surface area contributed by atoms with Crippen molar-refractivity contribution < 1.29 is 9.53 Å². The summed E-state index contributed by atoms with van der Waals surface area (Å²) in [6, 6.07) is 10.1. The van der Waals surface area contributed by atoms with E-state index < -0.39 is 0 Å². The number of methoxy groups -OCH3 is 1. The molecule has 25 heavy (non-hydrogen) atoms. The number of amides is 1. The molecule has 1 fully saturated rings. The molecule has 3 rings (SSSR count). The van der Waals surface area contributed by atoms with Gasteiger partial charge in [-0.15, -0.1) is 11.3 Å². The minimum Gasteiger partial charge on any atom is -0.497 e. The van der Waals surface area contributed by atoms with Gasteiger partial charge in [0.1, 0.15) is 5.75 Å². The number of rotatable bonds is 5. The van der Waals surface area contributed by atoms with Gasteiger partial charge in [-0.2, -0.15) is 5.26 Å². The summed E-state index contributed by atoms with van der Waals surface area (Å²) in [7, 11) is 1.65. The summed E-state index contributed by atoms with van der Waals surface area (Å²) in [6.45, 7) is 1.40. The van der Waals surface area contributed by atoms with Crippen molar-refractivity contribution in [3.05, 3.63) is 34.7 Å². The van der Waals surface area contributed by atoms with Crippen LogP contribution < -0.4 is 4.74 Å². The zero-order valence-electron chi connectivity index (χ0n) is 14.3. The Bertz CT molecular complexity index is 756. The SMILES string of the molecule is COc1ccc(-c2csc(CCC(=O)N3CCC(C#N)CC3)n2)cc1. The first-order chi connectivity index (χ1) is 12.2. The molecule has 0 atom stereocenters. The first kappa shape index (κ1) is 17.4. The van der Waals surface area contributed by atoms with E-state index in [0.717, 1.165) is 34.9 Å². The Balaban J connectivity index is 1.53. The van der Waals surface area contributed by atoms with Crippen LogP contribution >= 0.6 is 11.3 Å². The summed E-state index contributed by atoms with van der Waals surface area (Å²) < 4.78 is 5.17. The molecular formula is C19H21N3O2S. The molecule has 0 saturated carbocycles. The molecule has 2 heterocycles. The fraction of sp³-hybridized carbons (Fsp3) is 0.421. The third-order valence-corrected chi connectivity index (χ3v) is 5.43. The van der Waals surface area contributed by atoms with Gasteiger partial charge < -0.3 is 9.64 Å². The number of carbonyl (C=O) groups excluding carboxylic acids is 1. The van der Waals surface area contributed by atoms with Crippen molar-refractivity contribution in [2.45, 2.75) is 25.7 Å². The number of carbonyl (C=O) groups is 1. The minimum absolute atomic E-state index is 0.107. The van der Waals surface area contributed by atoms with Crippen molar-refractivity contribution in [1.29, 1.82) is 5.26 Å². The highest BCUT2D eigenvalue weighted by Gasteiger charge is 2.22. The van der Waals surface area contributed by atoms with Gasteiger partial charge in [0.05, 0.1) is 23.9 Å². The van der Waals surface area contributed by atoms with Crippen LogP contribution in [-0.2, 0) is 11.2 Å². The maximum atomic E-state index is 12.3. The number of benzene rings is 1. The van der Waals surface area contributed by atoms with Gasteiger partial charge in [-0.05, 0) is 37.1 Å². The van der Waals surface area contributed by atoms with Crippen LogP contribution in [0.4, 0.5) is 0 Å². The lowest BCUT2D eigenvalue weighted by Crippen LogP contribution is -2.38. The topological polar surface area (TPSA) is 66.2 Å². The van der Waals surface area contributed by atoms with E-state index in [9.17, 15) is 4.79 Å². The molecular weight excluding hydrogens is 334 g/mol. The fourth-order valence-corrected chi connectivity index (χ4v) is 3.76. The van der Waals surface area contributed by atoms with Crippen molar-refractivity contribution >= 4 is 17.2 Å². The number of piperidine rings is 1. The minimum atomic E-state index is 0.107. The predicted molar refractivity (Wildman–Crippen MR) is 97.3 cm³/mol. The second kappa shape index (κ2) is 8.13. The van der Waals surface area contributed by atoms with E-state index in [1.54, 1.807) is 18.4 Å². The van der Waals surface area contributed by atoms with Crippen LogP contribution in [0.25, 0.3) is 11.3 Å². The summed E-state index contributed by atoms with van der Waals surface area (Å²) in [5.41, 5.74) is 1.98. The van der Waals surface area contributed by atoms with Crippen LogP contribution in [0.15, 0.2) is 29.6 Å². The van der Waals surface area contributed by atoms with Crippen LogP contribution in [0.2, 0.25) is 0 Å². The number of likely N-dealkylation sites (tertiary alicyclic amines) is 1. The average Bonchev–Trinajstić information content (AvgIpc) is 3.15. The second-order valence-electron chi connectivity index (χ2n) is 6.14. The molecule has 5 nitrogen and oxygen atoms in total. The summed E-state index contributed by atoms with van der Waals surface area (Å²) >= 11 is 1.59. The van der Waals surface area contributed by atoms with Crippen molar-refractivity contribution in [1.82, 2.24) is 9.88 Å². The predicted octanol–water partition coefficient (Wildman–Crippen LogP) is 3.51. The van der Waals surface area contributed by atoms with E-state index in [1.807, 2.05) is 34.5 Å². The van der Waals surface area contributed by atoms with Gasteiger partial charge in [0.25, 0.3) is 0 Å². The van der Waals surface area contributed by atoms with Crippen molar-refractivity contribution in [3.63, 3.8) is 0 Å². The molecule has 0 bridgehead atoms. The Hall–Kier alpha value is -2.39. The molecule has 1 aromatic heterocycles. The molecule has 1 aliphatic rings. The molecule has 1 aromatic carbocycles. The summed E-state index contributed by atoms with van der Waals surface area (Å²) in [6.07, 6.45) is 2.73. The van der Waals surface area contributed by atoms with Gasteiger partial charge in [-0.25, -0.2) is 4.98 Å². The Kier molecular flexibility index (Phi) is 5.67. The highest BCUT2D eigenvalue weighted by Crippen LogP contribution is 2.25. The molecule has 1 amide bonds. The highest BCUT2D eigenvalue weighted by molar-refractivity contribution is 7.09. The van der Waals surface area contributed by atoms with Gasteiger partial charge in [0.15, 0.2) is 0 Å². The number of ether oxygens (including phenoxy) is 1. The van der Waals surface area contributed by atoms with Crippen LogP contribution in [0.5, 0.6) is 5.75 Å². The Morgan fingerprint density at radius 2 is 2.08 bits per heavy atom. The lowest BCUT2D eigenvalue weighted by Gasteiger charge is -2.29. The van der Waals surface area contributed by atoms with E-state index in [4.69, 9.17) is 10.00 Å². The Labute approximate surface area is 151 Å². The molecule has 0 aliphatic carbocycles. The smallest absolute Gasteiger partial charge is 0.222 e. The zero-order chi connectivity index (χ0) is 17.6. The molecule has 0 spiro atoms. The van der Waals surface area contributed by atoms with Crippen LogP contribution in [0, 0.1) is 17.2 Å². The van der Waals surface area contributed by atoms with E-state index in [2.05, 4.69) is 11.1 Å². The van der Waals surface area contributed by atoms with Gasteiger partial charge in [-0.3, -0.25) is 4.79 Å². The van der Waals surface area contributed by atoms with Crippen LogP contribution in [0.3, 0.4) is 0 Å². The molecule has 0 N–H and O–H groups in total. The molecule has 6 heteroatoms. The van der Waals surface area contributed by atoms with Gasteiger partial charge in [0.2, 0.25) is 5.91 Å². The molecule has 0 unspecified atom stereocenters. The third kappa shape index (κ3) is 4.37. The van der Waals surface area contributed by atoms with Crippen molar-refractivity contribution in [2.75, 3.05) is 20.2 Å². The van der Waals surface area contributed by atoms with Gasteiger partial charge in [0, 0.05) is 42.8 Å². The first-order valence-electron chi connectivity index (χ1n) is 8.46. The second-order valence-corrected chi connectivity index (χ2v) is 7.08. The lowest BCUT2D eigenvalue weighted by molar-refractivity contribution is -0.132. The zero-order valence-corrected chi connectivity index (χ0v) is 15.1. The van der Waals surface area contributed by atoms with Crippen LogP contribution in [-0.4, -0.2) is 36.0 Å². The number of hydrogen-bond acceptors (Lipinski definition) is 5. The Morgan fingerprint density at radius 1 is 1.36 bits per heavy atom. The normalized spacial score (nSPS) is 15.0. The van der Waals surface area contributed by atoms with E-state index >= 15 is 0 Å². The number of thiazole rings is 1. The van der Waals surface area contributed by atoms with Gasteiger partial charge in [-0.1, -0.05) is 0 Å². The number of hydrogen-bond donors (Lipinski definition) is 0. The first-order valence-corrected chi connectivity index (χ1v) is 9.34. The lowest BCUT2D eigenvalue weighted by atomic mass is 9.98. The van der Waals surface area contributed by atoms with Gasteiger partial charge >= 0.3 is 0 Å². The molecule has 1 saturated heterocycles. The number of aromatic nitrogens is 1. The Morgan fingerprint density at radius 3 is 2.72 bits per heavy atom. The van der Waals surface area contributed by atoms with E-state index in [1.165, 1.54) is 0 Å². The maximum Gasteiger partial charge on any atom is 0.222 e. The maximum absolute atomic E-state index is 12.3. The van der Waals surface area contributed by atoms with E-state index in [-0.39, 0.29) is 11.8 Å². The fourth-order valence-electron chi connectivity index (χ4n) is 2.95. The molecule has 1 aliphatic heterocycles. The molecule has 2 aromatic rings. The van der Waals surface area contributed by atoms with Crippen molar-refractivity contribution in [2.24, 2.45) is 5.92 Å². The van der Waals surface area contributed by atoms with Crippen molar-refractivity contribution in [3.8, 4) is 23.1 Å². The quantitative estimate of drug-likeness (QED) is 0.823. The number of nitrogens with zero attached hydrogens (tertiary/aromatic N) is 3. The largest absolute Gasteiger partial charge is 0.497 e. The summed E-state index contributed by atoms with van der Waals surface area (Å²) in [5.74, 6) is 1.10. The molecule has 0 radical (unpaired) electrons. The summed E-state index contributed by atoms with van der Waals surface area (Å²) in [5, 5.41) is 11.9. The summed E-state index contributed by atoms with van der Waals surface area (Å²) in [4.78, 5) is 18.8. The third-order valence-electron chi connectivity index (χ3n) is 4.52. The standard InChI is InChI=1S/C19H21N3O2S/c1-24-16-4-2-15(3-5-16)17-13-25-18(21-17)6-7-19(23)22-10-8-14(12-20)9-11-22/h2-5,13-14H,6-11H2,1H3. The van der Waals surface area contributed by atoms with E-state index in [0.29, 0.717) is 25.9 Å². The monoisotopic (exact) mass is 355 g/mol. The van der Waals surface area contributed by atoms with Crippen LogP contribution in [0.1, 0.15) is 24.3 Å². The highest BCUT2D eigenvalue weighted by atomic mass is 32.1. The molecule has 130 valence electrons.